The summed E-state index contributed by atoms with van der Waals surface area (Å²) in [6.07, 6.45) is -13.2. The lowest BCUT2D eigenvalue weighted by atomic mass is 9.87. The van der Waals surface area contributed by atoms with Gasteiger partial charge in [0, 0.05) is 32.1 Å². The molecule has 0 aliphatic carbocycles. The fourth-order valence-electron chi connectivity index (χ4n) is 4.88. The third-order valence-electron chi connectivity index (χ3n) is 7.22. The minimum atomic E-state index is -6.15. The van der Waals surface area contributed by atoms with Crippen molar-refractivity contribution in [2.24, 2.45) is 0 Å². The van der Waals surface area contributed by atoms with Gasteiger partial charge in [-0.1, -0.05) is 12.1 Å². The molecule has 1 fully saturated rings. The van der Waals surface area contributed by atoms with Gasteiger partial charge in [0.05, 0.1) is 23.2 Å². The van der Waals surface area contributed by atoms with Gasteiger partial charge < -0.3 is 14.9 Å². The number of likely N-dealkylation sites (N-methyl/N-ethyl adjacent to an activating group) is 1. The molecule has 0 unspecified atom stereocenters. The summed E-state index contributed by atoms with van der Waals surface area (Å²) in [6.45, 7) is 0.159. The van der Waals surface area contributed by atoms with Gasteiger partial charge in [-0.25, -0.2) is 12.8 Å². The van der Waals surface area contributed by atoms with Crippen LogP contribution in [0, 0.1) is 5.82 Å². The second kappa shape index (κ2) is 10.5. The highest BCUT2D eigenvalue weighted by atomic mass is 32.2. The van der Waals surface area contributed by atoms with Crippen LogP contribution in [0.15, 0.2) is 47.4 Å². The van der Waals surface area contributed by atoms with E-state index in [2.05, 4.69) is 0 Å². The van der Waals surface area contributed by atoms with Crippen LogP contribution in [0.5, 0.6) is 0 Å². The molecule has 2 aliphatic rings. The van der Waals surface area contributed by atoms with E-state index in [1.165, 1.54) is 9.80 Å². The molecule has 2 aromatic rings. The van der Waals surface area contributed by atoms with Crippen LogP contribution in [0.4, 0.5) is 36.4 Å². The molecule has 2 aromatic carbocycles. The van der Waals surface area contributed by atoms with E-state index in [0.29, 0.717) is 18.2 Å². The zero-order valence-corrected chi connectivity index (χ0v) is 22.2. The van der Waals surface area contributed by atoms with Crippen LogP contribution in [0.25, 0.3) is 0 Å². The summed E-state index contributed by atoms with van der Waals surface area (Å²) in [5.74, 6) is -1.69. The number of halogens is 7. The van der Waals surface area contributed by atoms with E-state index >= 15 is 0 Å². The highest BCUT2D eigenvalue weighted by Crippen LogP contribution is 2.51. The monoisotopic (exact) mass is 611 g/mol. The second-order valence-corrected chi connectivity index (χ2v) is 11.6. The summed E-state index contributed by atoms with van der Waals surface area (Å²) in [4.78, 5) is 27.4. The first-order valence-electron chi connectivity index (χ1n) is 12.2. The number of piperazine rings is 1. The maximum atomic E-state index is 13.7. The molecule has 224 valence electrons. The standard InChI is InChI=1S/C25H24F7N3O5S/c1-33-10-11-34(14-22(33)37)21(36)13-18-6-2-15-12-16(23(38,24(27,28)29)25(30,31)32)3-9-20(15)35(18)41(39,40)19-7-4-17(26)5-8-19/h3-5,7-9,12,18,38H,2,6,10-11,13-14H2,1H3/t18-/m0/s1. The smallest absolute Gasteiger partial charge is 0.369 e. The van der Waals surface area contributed by atoms with Gasteiger partial charge in [-0.3, -0.25) is 13.9 Å². The maximum Gasteiger partial charge on any atom is 0.430 e. The fraction of sp³-hybridized carbons (Fsp3) is 0.440. The summed E-state index contributed by atoms with van der Waals surface area (Å²) in [5.41, 5.74) is -7.33. The number of aryl methyl sites for hydroxylation is 1. The Labute approximate surface area is 230 Å². The third-order valence-corrected chi connectivity index (χ3v) is 9.10. The Bertz CT molecular complexity index is 1430. The van der Waals surface area contributed by atoms with Crippen LogP contribution in [-0.2, 0) is 31.6 Å². The van der Waals surface area contributed by atoms with Gasteiger partial charge in [-0.05, 0) is 48.7 Å². The van der Waals surface area contributed by atoms with Crippen LogP contribution >= 0.6 is 0 Å². The first-order valence-corrected chi connectivity index (χ1v) is 13.6. The number of hydrogen-bond acceptors (Lipinski definition) is 5. The molecular formula is C25H24F7N3O5S. The van der Waals surface area contributed by atoms with Gasteiger partial charge in [-0.2, -0.15) is 26.3 Å². The average Bonchev–Trinajstić information content (AvgIpc) is 2.88. The third kappa shape index (κ3) is 5.46. The topological polar surface area (TPSA) is 98.2 Å². The van der Waals surface area contributed by atoms with Crippen molar-refractivity contribution in [2.75, 3.05) is 31.0 Å². The quantitative estimate of drug-likeness (QED) is 0.524. The summed E-state index contributed by atoms with van der Waals surface area (Å²) in [7, 11) is -3.08. The number of sulfonamides is 1. The van der Waals surface area contributed by atoms with E-state index in [0.717, 1.165) is 28.6 Å². The molecule has 41 heavy (non-hydrogen) atoms. The minimum absolute atomic E-state index is 0.173. The number of carbonyl (C=O) groups excluding carboxylic acids is 2. The largest absolute Gasteiger partial charge is 0.430 e. The molecule has 0 aromatic heterocycles. The molecule has 1 N–H and O–H groups in total. The second-order valence-electron chi connectivity index (χ2n) is 9.83. The van der Waals surface area contributed by atoms with Crippen LogP contribution in [0.1, 0.15) is 24.0 Å². The molecule has 0 spiro atoms. The molecule has 8 nitrogen and oxygen atoms in total. The first kappa shape index (κ1) is 30.6. The lowest BCUT2D eigenvalue weighted by Gasteiger charge is -2.40. The predicted molar refractivity (Wildman–Crippen MR) is 129 cm³/mol. The van der Waals surface area contributed by atoms with E-state index in [4.69, 9.17) is 0 Å². The van der Waals surface area contributed by atoms with Crippen molar-refractivity contribution in [3.05, 3.63) is 59.4 Å². The molecule has 0 radical (unpaired) electrons. The van der Waals surface area contributed by atoms with E-state index in [-0.39, 0.29) is 49.6 Å². The Morgan fingerprint density at radius 3 is 2.17 bits per heavy atom. The van der Waals surface area contributed by atoms with Crippen molar-refractivity contribution in [2.45, 2.75) is 48.2 Å². The fourth-order valence-corrected chi connectivity index (χ4v) is 6.60. The molecule has 1 saturated heterocycles. The lowest BCUT2D eigenvalue weighted by Crippen LogP contribution is -2.54. The molecule has 2 aliphatic heterocycles. The number of nitrogens with zero attached hydrogens (tertiary/aromatic N) is 3. The summed E-state index contributed by atoms with van der Waals surface area (Å²) in [5, 5.41) is 9.84. The summed E-state index contributed by atoms with van der Waals surface area (Å²) < 4.78 is 123. The molecule has 0 bridgehead atoms. The predicted octanol–water partition coefficient (Wildman–Crippen LogP) is 3.34. The number of amides is 2. The molecule has 16 heteroatoms. The number of rotatable bonds is 5. The Morgan fingerprint density at radius 2 is 1.61 bits per heavy atom. The van der Waals surface area contributed by atoms with Crippen molar-refractivity contribution >= 4 is 27.5 Å². The van der Waals surface area contributed by atoms with Crippen LogP contribution in [-0.4, -0.2) is 80.2 Å². The Balaban J connectivity index is 1.79. The van der Waals surface area contributed by atoms with Crippen molar-refractivity contribution in [3.63, 3.8) is 0 Å². The molecule has 0 saturated carbocycles. The van der Waals surface area contributed by atoms with Crippen molar-refractivity contribution in [1.82, 2.24) is 9.80 Å². The number of alkyl halides is 6. The van der Waals surface area contributed by atoms with Gasteiger partial charge >= 0.3 is 12.4 Å². The summed E-state index contributed by atoms with van der Waals surface area (Å²) in [6, 6.07) is 3.90. The number of hydrogen-bond donors (Lipinski definition) is 1. The van der Waals surface area contributed by atoms with Crippen molar-refractivity contribution in [3.8, 4) is 0 Å². The highest BCUT2D eigenvalue weighted by molar-refractivity contribution is 7.92. The normalized spacial score (nSPS) is 18.9. The Morgan fingerprint density at radius 1 is 1.00 bits per heavy atom. The molecule has 2 heterocycles. The van der Waals surface area contributed by atoms with Crippen LogP contribution in [0.2, 0.25) is 0 Å². The van der Waals surface area contributed by atoms with Gasteiger partial charge in [0.2, 0.25) is 11.8 Å². The Hall–Kier alpha value is -3.40. The van der Waals surface area contributed by atoms with Crippen molar-refractivity contribution < 1.29 is 53.8 Å². The highest BCUT2D eigenvalue weighted by Gasteiger charge is 2.71. The number of benzene rings is 2. The number of carbonyl (C=O) groups is 2. The minimum Gasteiger partial charge on any atom is -0.369 e. The van der Waals surface area contributed by atoms with Crippen molar-refractivity contribution in [1.29, 1.82) is 0 Å². The van der Waals surface area contributed by atoms with Gasteiger partial charge in [0.15, 0.2) is 0 Å². The van der Waals surface area contributed by atoms with Gasteiger partial charge in [0.1, 0.15) is 5.82 Å². The zero-order valence-electron chi connectivity index (χ0n) is 21.3. The van der Waals surface area contributed by atoms with Gasteiger partial charge in [-0.15, -0.1) is 0 Å². The SMILES string of the molecule is CN1CCN(C(=O)C[C@@H]2CCc3cc(C(O)(C(F)(F)F)C(F)(F)F)ccc3N2S(=O)(=O)c2ccc(F)cc2)CC1=O. The van der Waals surface area contributed by atoms with Crippen LogP contribution in [0.3, 0.4) is 0 Å². The van der Waals surface area contributed by atoms with Gasteiger partial charge in [0.25, 0.3) is 15.6 Å². The summed E-state index contributed by atoms with van der Waals surface area (Å²) >= 11 is 0. The number of anilines is 1. The molecular weight excluding hydrogens is 587 g/mol. The van der Waals surface area contributed by atoms with Crippen LogP contribution < -0.4 is 4.31 Å². The molecule has 2 amide bonds. The maximum absolute atomic E-state index is 13.7. The van der Waals surface area contributed by atoms with E-state index < -0.39 is 62.6 Å². The lowest BCUT2D eigenvalue weighted by molar-refractivity contribution is -0.376. The molecule has 1 atom stereocenters. The number of fused-ring (bicyclic) bond motifs is 1. The zero-order chi connectivity index (χ0) is 30.5. The molecule has 4 rings (SSSR count). The first-order chi connectivity index (χ1) is 18.9. The average molecular weight is 612 g/mol. The Kier molecular flexibility index (Phi) is 7.79. The number of aliphatic hydroxyl groups is 1. The van der Waals surface area contributed by atoms with E-state index in [1.54, 1.807) is 7.05 Å². The van der Waals surface area contributed by atoms with E-state index in [9.17, 15) is 53.8 Å². The van der Waals surface area contributed by atoms with E-state index in [1.807, 2.05) is 0 Å².